The van der Waals surface area contributed by atoms with Crippen LogP contribution in [-0.4, -0.2) is 74.1 Å². The van der Waals surface area contributed by atoms with Crippen molar-refractivity contribution in [3.63, 3.8) is 0 Å². The van der Waals surface area contributed by atoms with Crippen LogP contribution < -0.4 is 0 Å². The molecule has 1 aliphatic heterocycles. The molecule has 0 aliphatic carbocycles. The highest BCUT2D eigenvalue weighted by Gasteiger charge is 2.46. The average Bonchev–Trinajstić information content (AvgIpc) is 2.43. The summed E-state index contributed by atoms with van der Waals surface area (Å²) in [4.78, 5) is 0. The highest BCUT2D eigenvalue weighted by Crippen LogP contribution is 2.23. The van der Waals surface area contributed by atoms with Gasteiger partial charge in [0, 0.05) is 0 Å². The SMILES string of the molecule is OC[C@@H](O)[C@H](O)[C@H]1O[C@@H](O)[C@H](O)[C@@H]1O. The van der Waals surface area contributed by atoms with E-state index in [-0.39, 0.29) is 0 Å². The number of hydrogen-bond donors (Lipinski definition) is 6. The lowest BCUT2D eigenvalue weighted by Gasteiger charge is -2.23. The molecule has 14 heavy (non-hydrogen) atoms. The Morgan fingerprint density at radius 3 is 2.00 bits per heavy atom. The van der Waals surface area contributed by atoms with Crippen molar-refractivity contribution >= 4 is 0 Å². The van der Waals surface area contributed by atoms with Crippen molar-refractivity contribution in [1.82, 2.24) is 0 Å². The second-order valence-corrected chi connectivity index (χ2v) is 3.21. The summed E-state index contributed by atoms with van der Waals surface area (Å²) in [6.07, 6.45) is -9.01. The second-order valence-electron chi connectivity index (χ2n) is 3.21. The zero-order valence-corrected chi connectivity index (χ0v) is 7.26. The normalized spacial score (nSPS) is 42.4. The van der Waals surface area contributed by atoms with Crippen LogP contribution in [0.3, 0.4) is 0 Å². The smallest absolute Gasteiger partial charge is 0.184 e. The van der Waals surface area contributed by atoms with Gasteiger partial charge < -0.3 is 35.4 Å². The first-order chi connectivity index (χ1) is 6.49. The topological polar surface area (TPSA) is 131 Å². The summed E-state index contributed by atoms with van der Waals surface area (Å²) in [6.45, 7) is -0.708. The van der Waals surface area contributed by atoms with E-state index < -0.39 is 43.4 Å². The van der Waals surface area contributed by atoms with Gasteiger partial charge in [0.2, 0.25) is 0 Å². The van der Waals surface area contributed by atoms with Crippen LogP contribution in [0.25, 0.3) is 0 Å². The van der Waals surface area contributed by atoms with Gasteiger partial charge in [0.15, 0.2) is 6.29 Å². The van der Waals surface area contributed by atoms with Crippen LogP contribution in [0.1, 0.15) is 0 Å². The van der Waals surface area contributed by atoms with Gasteiger partial charge in [0.25, 0.3) is 0 Å². The van der Waals surface area contributed by atoms with Crippen molar-refractivity contribution in [2.24, 2.45) is 0 Å². The van der Waals surface area contributed by atoms with Gasteiger partial charge in [0.05, 0.1) is 6.61 Å². The highest BCUT2D eigenvalue weighted by atomic mass is 16.6. The molecule has 7 heteroatoms. The Kier molecular flexibility index (Phi) is 3.78. The summed E-state index contributed by atoms with van der Waals surface area (Å²) in [5.74, 6) is 0. The zero-order valence-electron chi connectivity index (χ0n) is 7.26. The van der Waals surface area contributed by atoms with Crippen molar-refractivity contribution in [3.8, 4) is 0 Å². The van der Waals surface area contributed by atoms with Gasteiger partial charge in [-0.15, -0.1) is 0 Å². The van der Waals surface area contributed by atoms with Gasteiger partial charge in [-0.3, -0.25) is 0 Å². The predicted octanol–water partition coefficient (Wildman–Crippen LogP) is -3.86. The number of aliphatic hydroxyl groups excluding tert-OH is 6. The van der Waals surface area contributed by atoms with Crippen LogP contribution in [0, 0.1) is 0 Å². The van der Waals surface area contributed by atoms with Crippen molar-refractivity contribution in [2.45, 2.75) is 36.8 Å². The Morgan fingerprint density at radius 1 is 1.07 bits per heavy atom. The lowest BCUT2D eigenvalue weighted by Crippen LogP contribution is -2.46. The van der Waals surface area contributed by atoms with Crippen LogP contribution in [0.4, 0.5) is 0 Å². The third-order valence-electron chi connectivity index (χ3n) is 2.19. The maximum atomic E-state index is 9.31. The van der Waals surface area contributed by atoms with E-state index in [0.717, 1.165) is 0 Å². The maximum absolute atomic E-state index is 9.31. The lowest BCUT2D eigenvalue weighted by atomic mass is 10.0. The third kappa shape index (κ3) is 2.04. The van der Waals surface area contributed by atoms with Gasteiger partial charge in [-0.2, -0.15) is 0 Å². The van der Waals surface area contributed by atoms with Crippen molar-refractivity contribution < 1.29 is 35.4 Å². The largest absolute Gasteiger partial charge is 0.394 e. The molecule has 0 spiro atoms. The Bertz CT molecular complexity index is 187. The van der Waals surface area contributed by atoms with Crippen LogP contribution in [-0.2, 0) is 4.74 Å². The molecule has 0 amide bonds. The van der Waals surface area contributed by atoms with E-state index in [1.807, 2.05) is 0 Å². The second kappa shape index (κ2) is 4.49. The first-order valence-electron chi connectivity index (χ1n) is 4.15. The molecule has 1 saturated heterocycles. The van der Waals surface area contributed by atoms with Crippen LogP contribution >= 0.6 is 0 Å². The summed E-state index contributed by atoms with van der Waals surface area (Å²) >= 11 is 0. The molecule has 0 aromatic rings. The molecule has 1 rings (SSSR count). The number of rotatable bonds is 3. The molecule has 1 heterocycles. The maximum Gasteiger partial charge on any atom is 0.184 e. The summed E-state index contributed by atoms with van der Waals surface area (Å²) in [5.41, 5.74) is 0. The standard InChI is InChI=1S/C7H14O7/c8-1-2(9)3(10)6-4(11)5(12)7(13)14-6/h2-13H,1H2/t2-,3+,4+,5-,6-,7-/m1/s1. The quantitative estimate of drug-likeness (QED) is 0.281. The van der Waals surface area contributed by atoms with E-state index in [1.54, 1.807) is 0 Å². The van der Waals surface area contributed by atoms with Crippen molar-refractivity contribution in [1.29, 1.82) is 0 Å². The Labute approximate surface area is 79.8 Å². The zero-order chi connectivity index (χ0) is 10.9. The monoisotopic (exact) mass is 210 g/mol. The van der Waals surface area contributed by atoms with Crippen LogP contribution in [0.15, 0.2) is 0 Å². The minimum Gasteiger partial charge on any atom is -0.394 e. The van der Waals surface area contributed by atoms with Gasteiger partial charge in [-0.1, -0.05) is 0 Å². The Morgan fingerprint density at radius 2 is 1.64 bits per heavy atom. The van der Waals surface area contributed by atoms with Gasteiger partial charge in [-0.25, -0.2) is 0 Å². The summed E-state index contributed by atoms with van der Waals surface area (Å²) in [6, 6.07) is 0. The number of aliphatic hydroxyl groups is 6. The predicted molar refractivity (Wildman–Crippen MR) is 42.0 cm³/mol. The van der Waals surface area contributed by atoms with Crippen LogP contribution in [0.2, 0.25) is 0 Å². The Hall–Kier alpha value is -0.280. The number of ether oxygens (including phenoxy) is 1. The average molecular weight is 210 g/mol. The Balaban J connectivity index is 2.61. The first kappa shape index (κ1) is 11.8. The molecule has 6 atom stereocenters. The number of hydrogen-bond acceptors (Lipinski definition) is 7. The molecule has 0 aromatic carbocycles. The highest BCUT2D eigenvalue weighted by molar-refractivity contribution is 4.92. The molecule has 7 nitrogen and oxygen atoms in total. The minimum absolute atomic E-state index is 0.708. The van der Waals surface area contributed by atoms with E-state index in [2.05, 4.69) is 4.74 Å². The summed E-state index contributed by atoms with van der Waals surface area (Å²) < 4.78 is 4.61. The van der Waals surface area contributed by atoms with Gasteiger partial charge in [-0.05, 0) is 0 Å². The molecular formula is C7H14O7. The summed E-state index contributed by atoms with van der Waals surface area (Å²) in [5, 5.41) is 54.1. The molecule has 84 valence electrons. The molecule has 6 N–H and O–H groups in total. The van der Waals surface area contributed by atoms with E-state index in [4.69, 9.17) is 20.4 Å². The van der Waals surface area contributed by atoms with Crippen molar-refractivity contribution in [3.05, 3.63) is 0 Å². The molecule has 0 saturated carbocycles. The fraction of sp³-hybridized carbons (Fsp3) is 1.00. The molecule has 0 bridgehead atoms. The molecular weight excluding hydrogens is 196 g/mol. The summed E-state index contributed by atoms with van der Waals surface area (Å²) in [7, 11) is 0. The van der Waals surface area contributed by atoms with E-state index in [0.29, 0.717) is 0 Å². The van der Waals surface area contributed by atoms with Gasteiger partial charge in [0.1, 0.15) is 30.5 Å². The van der Waals surface area contributed by atoms with E-state index in [9.17, 15) is 10.2 Å². The minimum atomic E-state index is -1.60. The van der Waals surface area contributed by atoms with Crippen molar-refractivity contribution in [2.75, 3.05) is 6.61 Å². The molecule has 1 aliphatic rings. The molecule has 0 aromatic heterocycles. The molecule has 1 fully saturated rings. The lowest BCUT2D eigenvalue weighted by molar-refractivity contribution is -0.164. The van der Waals surface area contributed by atoms with E-state index >= 15 is 0 Å². The van der Waals surface area contributed by atoms with Gasteiger partial charge >= 0.3 is 0 Å². The fourth-order valence-electron chi connectivity index (χ4n) is 1.29. The fourth-order valence-corrected chi connectivity index (χ4v) is 1.29. The molecule has 0 unspecified atom stereocenters. The molecule has 0 radical (unpaired) electrons. The van der Waals surface area contributed by atoms with E-state index in [1.165, 1.54) is 0 Å². The first-order valence-corrected chi connectivity index (χ1v) is 4.15. The third-order valence-corrected chi connectivity index (χ3v) is 2.19. The van der Waals surface area contributed by atoms with Crippen LogP contribution in [0.5, 0.6) is 0 Å².